The highest BCUT2D eigenvalue weighted by atomic mass is 32.2. The minimum absolute atomic E-state index is 0.169. The van der Waals surface area contributed by atoms with Gasteiger partial charge in [0.25, 0.3) is 0 Å². The van der Waals surface area contributed by atoms with Gasteiger partial charge in [0, 0.05) is 30.9 Å². The maximum atomic E-state index is 6.28. The average Bonchev–Trinajstić information content (AvgIpc) is 2.34. The molecule has 1 rings (SSSR count). The molecule has 0 aromatic carbocycles. The average molecular weight is 288 g/mol. The van der Waals surface area contributed by atoms with E-state index in [1.807, 2.05) is 0 Å². The van der Waals surface area contributed by atoms with Gasteiger partial charge in [-0.3, -0.25) is 4.90 Å². The molecule has 1 aliphatic heterocycles. The van der Waals surface area contributed by atoms with Gasteiger partial charge >= 0.3 is 0 Å². The standard InChI is InChI=1S/C15H33N3S/c1-6-8-18(10-9-17(4)5)15(12-16)13-19-11-7-14(15,2)3/h6-13,16H2,1-5H3. The van der Waals surface area contributed by atoms with E-state index in [2.05, 4.69) is 56.4 Å². The second-order valence-electron chi connectivity index (χ2n) is 6.71. The van der Waals surface area contributed by atoms with E-state index in [-0.39, 0.29) is 5.54 Å². The Morgan fingerprint density at radius 3 is 2.32 bits per heavy atom. The number of likely N-dealkylation sites (N-methyl/N-ethyl adjacent to an activating group) is 1. The highest BCUT2D eigenvalue weighted by molar-refractivity contribution is 7.99. The fourth-order valence-electron chi connectivity index (χ4n) is 3.11. The molecule has 0 aromatic heterocycles. The fraction of sp³-hybridized carbons (Fsp3) is 1.00. The highest BCUT2D eigenvalue weighted by Crippen LogP contribution is 2.45. The van der Waals surface area contributed by atoms with Gasteiger partial charge in [-0.2, -0.15) is 11.8 Å². The Hall–Kier alpha value is 0.230. The topological polar surface area (TPSA) is 32.5 Å². The molecule has 0 saturated carbocycles. The minimum Gasteiger partial charge on any atom is -0.329 e. The van der Waals surface area contributed by atoms with Crippen LogP contribution in [0.25, 0.3) is 0 Å². The molecule has 1 atom stereocenters. The summed E-state index contributed by atoms with van der Waals surface area (Å²) >= 11 is 2.08. The van der Waals surface area contributed by atoms with Crippen molar-refractivity contribution in [1.82, 2.24) is 9.80 Å². The molecule has 0 aromatic rings. The molecule has 0 amide bonds. The molecule has 0 spiro atoms. The summed E-state index contributed by atoms with van der Waals surface area (Å²) in [6, 6.07) is 0. The lowest BCUT2D eigenvalue weighted by molar-refractivity contribution is -0.00205. The summed E-state index contributed by atoms with van der Waals surface area (Å²) in [5.74, 6) is 2.46. The molecule has 19 heavy (non-hydrogen) atoms. The Morgan fingerprint density at radius 2 is 1.84 bits per heavy atom. The van der Waals surface area contributed by atoms with Gasteiger partial charge in [0.05, 0.1) is 0 Å². The zero-order chi connectivity index (χ0) is 14.5. The SMILES string of the molecule is CCCN(CCN(C)C)C1(CN)CSCCC1(C)C. The van der Waals surface area contributed by atoms with Crippen LogP contribution in [-0.2, 0) is 0 Å². The molecule has 1 aliphatic rings. The lowest BCUT2D eigenvalue weighted by Gasteiger charge is -2.56. The summed E-state index contributed by atoms with van der Waals surface area (Å²) in [4.78, 5) is 4.95. The molecule has 0 radical (unpaired) electrons. The summed E-state index contributed by atoms with van der Waals surface area (Å²) in [5, 5.41) is 0. The van der Waals surface area contributed by atoms with Crippen LogP contribution in [0.5, 0.6) is 0 Å². The number of nitrogens with zero attached hydrogens (tertiary/aromatic N) is 2. The van der Waals surface area contributed by atoms with Crippen LogP contribution in [0, 0.1) is 5.41 Å². The zero-order valence-electron chi connectivity index (χ0n) is 13.5. The molecule has 1 unspecified atom stereocenters. The molecular formula is C15H33N3S. The molecule has 4 heteroatoms. The number of nitrogens with two attached hydrogens (primary N) is 1. The van der Waals surface area contributed by atoms with Crippen molar-refractivity contribution in [2.24, 2.45) is 11.1 Å². The monoisotopic (exact) mass is 287 g/mol. The molecule has 0 bridgehead atoms. The van der Waals surface area contributed by atoms with Crippen molar-refractivity contribution in [3.05, 3.63) is 0 Å². The van der Waals surface area contributed by atoms with Crippen molar-refractivity contribution in [3.8, 4) is 0 Å². The Balaban J connectivity index is 2.92. The van der Waals surface area contributed by atoms with Crippen LogP contribution < -0.4 is 5.73 Å². The predicted molar refractivity (Wildman–Crippen MR) is 87.9 cm³/mol. The summed E-state index contributed by atoms with van der Waals surface area (Å²) in [6.45, 7) is 11.3. The molecule has 114 valence electrons. The van der Waals surface area contributed by atoms with E-state index in [0.29, 0.717) is 5.41 Å². The maximum Gasteiger partial charge on any atom is 0.0473 e. The van der Waals surface area contributed by atoms with Crippen LogP contribution in [0.2, 0.25) is 0 Å². The third-order valence-corrected chi connectivity index (χ3v) is 5.90. The first-order chi connectivity index (χ1) is 8.89. The normalized spacial score (nSPS) is 27.2. The van der Waals surface area contributed by atoms with Crippen LogP contribution in [-0.4, -0.2) is 67.1 Å². The van der Waals surface area contributed by atoms with Crippen molar-refractivity contribution in [3.63, 3.8) is 0 Å². The predicted octanol–water partition coefficient (Wildman–Crippen LogP) is 2.12. The first kappa shape index (κ1) is 17.3. The summed E-state index contributed by atoms with van der Waals surface area (Å²) in [7, 11) is 4.31. The van der Waals surface area contributed by atoms with Gasteiger partial charge in [-0.15, -0.1) is 0 Å². The van der Waals surface area contributed by atoms with Crippen LogP contribution in [0.15, 0.2) is 0 Å². The van der Waals surface area contributed by atoms with Crippen molar-refractivity contribution in [2.45, 2.75) is 39.2 Å². The van der Waals surface area contributed by atoms with Crippen LogP contribution in [0.3, 0.4) is 0 Å². The fourth-order valence-corrected chi connectivity index (χ4v) is 4.94. The molecule has 2 N–H and O–H groups in total. The van der Waals surface area contributed by atoms with E-state index < -0.39 is 0 Å². The quantitative estimate of drug-likeness (QED) is 0.777. The van der Waals surface area contributed by atoms with Crippen LogP contribution in [0.1, 0.15) is 33.6 Å². The van der Waals surface area contributed by atoms with E-state index >= 15 is 0 Å². The van der Waals surface area contributed by atoms with E-state index in [4.69, 9.17) is 5.73 Å². The minimum atomic E-state index is 0.169. The summed E-state index contributed by atoms with van der Waals surface area (Å²) in [5.41, 5.74) is 6.77. The van der Waals surface area contributed by atoms with Gasteiger partial charge in [0.15, 0.2) is 0 Å². The Kier molecular flexibility index (Phi) is 6.64. The maximum absolute atomic E-state index is 6.28. The van der Waals surface area contributed by atoms with Crippen molar-refractivity contribution in [2.75, 3.05) is 51.8 Å². The Morgan fingerprint density at radius 1 is 1.16 bits per heavy atom. The van der Waals surface area contributed by atoms with E-state index in [9.17, 15) is 0 Å². The Bertz CT molecular complexity index is 268. The highest BCUT2D eigenvalue weighted by Gasteiger charge is 2.49. The smallest absolute Gasteiger partial charge is 0.0473 e. The van der Waals surface area contributed by atoms with Crippen molar-refractivity contribution in [1.29, 1.82) is 0 Å². The molecule has 1 fully saturated rings. The number of hydrogen-bond acceptors (Lipinski definition) is 4. The Labute approximate surface area is 124 Å². The number of rotatable bonds is 7. The lowest BCUT2D eigenvalue weighted by Crippen LogP contribution is -2.66. The lowest BCUT2D eigenvalue weighted by atomic mass is 9.69. The second kappa shape index (κ2) is 7.30. The number of hydrogen-bond donors (Lipinski definition) is 1. The van der Waals surface area contributed by atoms with Gasteiger partial charge in [0.2, 0.25) is 0 Å². The van der Waals surface area contributed by atoms with Crippen molar-refractivity contribution < 1.29 is 0 Å². The van der Waals surface area contributed by atoms with Gasteiger partial charge in [-0.25, -0.2) is 0 Å². The van der Waals surface area contributed by atoms with Crippen molar-refractivity contribution >= 4 is 11.8 Å². The second-order valence-corrected chi connectivity index (χ2v) is 7.82. The molecule has 1 heterocycles. The van der Waals surface area contributed by atoms with Gasteiger partial charge in [0.1, 0.15) is 0 Å². The zero-order valence-corrected chi connectivity index (χ0v) is 14.4. The van der Waals surface area contributed by atoms with Gasteiger partial charge in [-0.05, 0) is 44.6 Å². The first-order valence-electron chi connectivity index (χ1n) is 7.57. The largest absolute Gasteiger partial charge is 0.329 e. The summed E-state index contributed by atoms with van der Waals surface area (Å²) < 4.78 is 0. The molecule has 3 nitrogen and oxygen atoms in total. The molecule has 0 aliphatic carbocycles. The summed E-state index contributed by atoms with van der Waals surface area (Å²) in [6.07, 6.45) is 2.48. The van der Waals surface area contributed by atoms with Gasteiger partial charge < -0.3 is 10.6 Å². The van der Waals surface area contributed by atoms with Crippen LogP contribution >= 0.6 is 11.8 Å². The van der Waals surface area contributed by atoms with Gasteiger partial charge in [-0.1, -0.05) is 20.8 Å². The van der Waals surface area contributed by atoms with E-state index in [0.717, 1.165) is 26.2 Å². The van der Waals surface area contributed by atoms with E-state index in [1.54, 1.807) is 0 Å². The van der Waals surface area contributed by atoms with Crippen LogP contribution in [0.4, 0.5) is 0 Å². The first-order valence-corrected chi connectivity index (χ1v) is 8.72. The molecule has 1 saturated heterocycles. The third-order valence-electron chi connectivity index (χ3n) is 4.73. The molecular weight excluding hydrogens is 254 g/mol. The van der Waals surface area contributed by atoms with E-state index in [1.165, 1.54) is 24.3 Å². The third kappa shape index (κ3) is 3.87. The number of thioether (sulfide) groups is 1.